The summed E-state index contributed by atoms with van der Waals surface area (Å²) in [6.45, 7) is 8.33. The molecule has 0 aromatic carbocycles. The second-order valence-electron chi connectivity index (χ2n) is 7.67. The van der Waals surface area contributed by atoms with Gasteiger partial charge in [-0.05, 0) is 13.8 Å². The van der Waals surface area contributed by atoms with Gasteiger partial charge in [0.1, 0.15) is 11.5 Å². The molecular formula is C18H25N3O4S2. The first-order chi connectivity index (χ1) is 12.8. The molecule has 0 aliphatic carbocycles. The summed E-state index contributed by atoms with van der Waals surface area (Å²) in [5.74, 6) is 0.338. The summed E-state index contributed by atoms with van der Waals surface area (Å²) in [5.41, 5.74) is 0.122. The fourth-order valence-corrected chi connectivity index (χ4v) is 6.95. The average Bonchev–Trinajstić information content (AvgIpc) is 2.80. The van der Waals surface area contributed by atoms with Gasteiger partial charge in [-0.1, -0.05) is 6.92 Å². The van der Waals surface area contributed by atoms with Crippen molar-refractivity contribution in [3.8, 4) is 0 Å². The Labute approximate surface area is 167 Å². The molecule has 2 fully saturated rings. The number of hydrogen-bond donors (Lipinski definition) is 2. The molecule has 2 saturated heterocycles. The van der Waals surface area contributed by atoms with Gasteiger partial charge in [-0.25, -0.2) is 4.79 Å². The van der Waals surface area contributed by atoms with Gasteiger partial charge in [0.15, 0.2) is 0 Å². The number of carbonyl (C=O) groups is 2. The van der Waals surface area contributed by atoms with Gasteiger partial charge in [0, 0.05) is 34.9 Å². The molecule has 2 N–H and O–H groups in total. The summed E-state index contributed by atoms with van der Waals surface area (Å²) in [4.78, 5) is 33.4. The summed E-state index contributed by atoms with van der Waals surface area (Å²) >= 11 is 3.51. The molecule has 27 heavy (non-hydrogen) atoms. The lowest BCUT2D eigenvalue weighted by Crippen LogP contribution is -2.63. The van der Waals surface area contributed by atoms with E-state index in [2.05, 4.69) is 16.8 Å². The van der Waals surface area contributed by atoms with Gasteiger partial charge in [0.25, 0.3) is 0 Å². The van der Waals surface area contributed by atoms with Crippen LogP contribution in [0.25, 0.3) is 0 Å². The van der Waals surface area contributed by atoms with E-state index in [0.29, 0.717) is 10.5 Å². The molecular weight excluding hydrogens is 386 g/mol. The second-order valence-corrected chi connectivity index (χ2v) is 10.5. The highest BCUT2D eigenvalue weighted by Gasteiger charge is 2.60. The summed E-state index contributed by atoms with van der Waals surface area (Å²) in [6.07, 6.45) is -0.761. The van der Waals surface area contributed by atoms with E-state index in [4.69, 9.17) is 0 Å². The van der Waals surface area contributed by atoms with Gasteiger partial charge in [-0.15, -0.1) is 23.5 Å². The normalized spacial score (nSPS) is 34.8. The van der Waals surface area contributed by atoms with E-state index < -0.39 is 18.0 Å². The quantitative estimate of drug-likeness (QED) is 0.669. The van der Waals surface area contributed by atoms with E-state index in [-0.39, 0.29) is 23.6 Å². The van der Waals surface area contributed by atoms with Crippen LogP contribution < -0.4 is 0 Å². The van der Waals surface area contributed by atoms with Crippen molar-refractivity contribution < 1.29 is 19.8 Å². The average molecular weight is 412 g/mol. The number of rotatable bonds is 4. The third-order valence-electron chi connectivity index (χ3n) is 5.87. The number of thioether (sulfide) groups is 2. The number of carbonyl (C=O) groups excluding carboxylic acids is 1. The van der Waals surface area contributed by atoms with Gasteiger partial charge >= 0.3 is 5.97 Å². The third kappa shape index (κ3) is 2.98. The van der Waals surface area contributed by atoms with Gasteiger partial charge in [0.05, 0.1) is 29.9 Å². The summed E-state index contributed by atoms with van der Waals surface area (Å²) in [7, 11) is 0. The van der Waals surface area contributed by atoms with E-state index in [9.17, 15) is 19.8 Å². The largest absolute Gasteiger partial charge is 0.477 e. The number of aliphatic carboxylic acids is 1. The predicted octanol–water partition coefficient (Wildman–Crippen LogP) is 1.09. The van der Waals surface area contributed by atoms with Crippen LogP contribution in [0.4, 0.5) is 0 Å². The molecule has 9 heteroatoms. The molecule has 4 aliphatic rings. The van der Waals surface area contributed by atoms with Crippen molar-refractivity contribution in [1.82, 2.24) is 9.80 Å². The Morgan fingerprint density at radius 2 is 2.07 bits per heavy atom. The highest BCUT2D eigenvalue weighted by atomic mass is 32.2. The summed E-state index contributed by atoms with van der Waals surface area (Å²) in [5, 5.41) is 20.3. The summed E-state index contributed by atoms with van der Waals surface area (Å²) in [6, 6.07) is -0.235. The number of amides is 1. The molecule has 4 heterocycles. The Balaban J connectivity index is 1.47. The molecule has 0 saturated carbocycles. The summed E-state index contributed by atoms with van der Waals surface area (Å²) < 4.78 is 0. The highest BCUT2D eigenvalue weighted by molar-refractivity contribution is 8.03. The number of hydrogen-bond acceptors (Lipinski definition) is 7. The number of carboxylic acid groups (broad SMARTS) is 1. The van der Waals surface area contributed by atoms with E-state index in [1.54, 1.807) is 18.7 Å². The molecule has 4 rings (SSSR count). The molecule has 0 spiro atoms. The molecule has 1 amide bonds. The van der Waals surface area contributed by atoms with Gasteiger partial charge in [0.2, 0.25) is 5.91 Å². The van der Waals surface area contributed by atoms with Crippen molar-refractivity contribution >= 4 is 41.2 Å². The number of aliphatic hydroxyl groups excluding tert-OH is 1. The Bertz CT molecular complexity index is 732. The number of likely N-dealkylation sites (tertiary alicyclic amines) is 1. The molecule has 5 atom stereocenters. The minimum atomic E-state index is -1.05. The third-order valence-corrected chi connectivity index (χ3v) is 8.45. The lowest BCUT2D eigenvalue weighted by molar-refractivity contribution is -0.163. The van der Waals surface area contributed by atoms with Crippen molar-refractivity contribution in [2.45, 2.75) is 43.4 Å². The first-order valence-corrected chi connectivity index (χ1v) is 11.3. The van der Waals surface area contributed by atoms with Crippen LogP contribution >= 0.6 is 23.5 Å². The van der Waals surface area contributed by atoms with E-state index in [0.717, 1.165) is 36.1 Å². The van der Waals surface area contributed by atoms with E-state index in [1.165, 1.54) is 4.90 Å². The fraction of sp³-hybridized carbons (Fsp3) is 0.722. The SMILES string of the molecule is C[C@H]1SCCN=C1N1CC(SC2=C(C(=O)O)N3C(=O)C([C@@H](C)O)[C@H]3[C@H]2C)C1. The standard InChI is InChI=1S/C18H25N3O4S2/c1-8-13-12(9(2)22)17(23)21(13)14(18(24)25)15(8)27-11-6-20(7-11)16-10(3)26-5-4-19-16/h8-13,22H,4-7H2,1-3H3,(H,24,25)/t8-,9-,10-,12?,13-/m1/s1. The number of β-lactam (4-membered cyclic amide) rings is 1. The zero-order chi connectivity index (χ0) is 19.5. The van der Waals surface area contributed by atoms with Crippen LogP contribution in [0.3, 0.4) is 0 Å². The first-order valence-electron chi connectivity index (χ1n) is 9.37. The van der Waals surface area contributed by atoms with Crippen molar-refractivity contribution in [2.24, 2.45) is 16.8 Å². The minimum Gasteiger partial charge on any atom is -0.477 e. The first kappa shape index (κ1) is 19.1. The van der Waals surface area contributed by atoms with Crippen molar-refractivity contribution in [3.63, 3.8) is 0 Å². The van der Waals surface area contributed by atoms with Gasteiger partial charge < -0.3 is 20.0 Å². The molecule has 0 aromatic heterocycles. The van der Waals surface area contributed by atoms with Crippen molar-refractivity contribution in [3.05, 3.63) is 10.6 Å². The number of aliphatic hydroxyl groups is 1. The van der Waals surface area contributed by atoms with Gasteiger partial charge in [-0.3, -0.25) is 9.79 Å². The van der Waals surface area contributed by atoms with Crippen LogP contribution in [0.1, 0.15) is 20.8 Å². The van der Waals surface area contributed by atoms with E-state index >= 15 is 0 Å². The molecule has 1 unspecified atom stereocenters. The van der Waals surface area contributed by atoms with Crippen LogP contribution in [-0.2, 0) is 9.59 Å². The Kier molecular flexibility index (Phi) is 4.97. The zero-order valence-electron chi connectivity index (χ0n) is 15.7. The topological polar surface area (TPSA) is 93.4 Å². The lowest BCUT2D eigenvalue weighted by Gasteiger charge is -2.46. The maximum absolute atomic E-state index is 12.4. The van der Waals surface area contributed by atoms with Crippen molar-refractivity contribution in [2.75, 3.05) is 25.4 Å². The van der Waals surface area contributed by atoms with Crippen LogP contribution in [0.5, 0.6) is 0 Å². The van der Waals surface area contributed by atoms with Crippen LogP contribution in [0.15, 0.2) is 15.6 Å². The van der Waals surface area contributed by atoms with Crippen LogP contribution in [-0.4, -0.2) is 85.8 Å². The predicted molar refractivity (Wildman–Crippen MR) is 107 cm³/mol. The minimum absolute atomic E-state index is 0.0612. The highest BCUT2D eigenvalue weighted by Crippen LogP contribution is 2.52. The van der Waals surface area contributed by atoms with E-state index in [1.807, 2.05) is 18.7 Å². The number of aliphatic imine (C=N–C) groups is 1. The van der Waals surface area contributed by atoms with Crippen LogP contribution in [0, 0.1) is 11.8 Å². The zero-order valence-corrected chi connectivity index (χ0v) is 17.3. The fourth-order valence-electron chi connectivity index (χ4n) is 4.51. The maximum Gasteiger partial charge on any atom is 0.353 e. The molecule has 0 aromatic rings. The number of fused-ring (bicyclic) bond motifs is 1. The molecule has 0 bridgehead atoms. The van der Waals surface area contributed by atoms with Crippen molar-refractivity contribution in [1.29, 1.82) is 0 Å². The number of nitrogens with zero attached hydrogens (tertiary/aromatic N) is 3. The molecule has 148 valence electrons. The van der Waals surface area contributed by atoms with Crippen LogP contribution in [0.2, 0.25) is 0 Å². The smallest absolute Gasteiger partial charge is 0.353 e. The number of carboxylic acids is 1. The maximum atomic E-state index is 12.4. The molecule has 4 aliphatic heterocycles. The monoisotopic (exact) mass is 411 g/mol. The lowest BCUT2D eigenvalue weighted by atomic mass is 9.79. The molecule has 0 radical (unpaired) electrons. The Morgan fingerprint density at radius 1 is 1.37 bits per heavy atom. The Morgan fingerprint density at radius 3 is 2.67 bits per heavy atom. The second kappa shape index (κ2) is 7.00. The van der Waals surface area contributed by atoms with Gasteiger partial charge in [-0.2, -0.15) is 0 Å². The Hall–Kier alpha value is -1.19. The molecule has 7 nitrogen and oxygen atoms in total. The number of amidine groups is 1.